The molecule has 0 bridgehead atoms. The Hall–Kier alpha value is -2.27. The maximum atomic E-state index is 6.35. The second-order valence-electron chi connectivity index (χ2n) is 6.84. The molecule has 4 rings (SSSR count). The third-order valence-electron chi connectivity index (χ3n) is 4.61. The topological polar surface area (TPSA) is 30.7 Å². The van der Waals surface area contributed by atoms with Crippen molar-refractivity contribution in [2.45, 2.75) is 24.8 Å². The normalized spacial score (nSPS) is 11.0. The Morgan fingerprint density at radius 3 is 2.21 bits per heavy atom. The largest absolute Gasteiger partial charge is 0.270 e. The van der Waals surface area contributed by atoms with Gasteiger partial charge < -0.3 is 0 Å². The summed E-state index contributed by atoms with van der Waals surface area (Å²) in [4.78, 5) is 0. The molecule has 1 heterocycles. The van der Waals surface area contributed by atoms with Crippen molar-refractivity contribution < 1.29 is 0 Å². The Labute approximate surface area is 184 Å². The molecule has 0 N–H and O–H groups in total. The summed E-state index contributed by atoms with van der Waals surface area (Å²) >= 11 is 14.3. The van der Waals surface area contributed by atoms with Crippen LogP contribution >= 0.6 is 35.0 Å². The van der Waals surface area contributed by atoms with E-state index in [4.69, 9.17) is 23.2 Å². The first-order chi connectivity index (χ1) is 14.0. The molecular formula is C23H19Cl2N3S. The molecule has 3 nitrogen and oxygen atoms in total. The van der Waals surface area contributed by atoms with Gasteiger partial charge in [0.2, 0.25) is 0 Å². The second-order valence-corrected chi connectivity index (χ2v) is 8.59. The fourth-order valence-corrected chi connectivity index (χ4v) is 4.76. The van der Waals surface area contributed by atoms with E-state index >= 15 is 0 Å². The number of halogens is 2. The Bertz CT molecular complexity index is 1130. The molecule has 4 aromatic rings. The van der Waals surface area contributed by atoms with Crippen molar-refractivity contribution in [2.24, 2.45) is 0 Å². The first-order valence-electron chi connectivity index (χ1n) is 9.18. The second kappa shape index (κ2) is 8.62. The van der Waals surface area contributed by atoms with Crippen LogP contribution in [0.2, 0.25) is 10.0 Å². The van der Waals surface area contributed by atoms with Crippen LogP contribution in [0.25, 0.3) is 17.1 Å². The zero-order chi connectivity index (χ0) is 20.4. The molecule has 0 radical (unpaired) electrons. The van der Waals surface area contributed by atoms with Crippen LogP contribution in [0.5, 0.6) is 0 Å². The molecule has 0 atom stereocenters. The summed E-state index contributed by atoms with van der Waals surface area (Å²) < 4.78 is 2.09. The lowest BCUT2D eigenvalue weighted by atomic mass is 10.1. The Balaban J connectivity index is 1.77. The van der Waals surface area contributed by atoms with Crippen LogP contribution in [0.1, 0.15) is 16.7 Å². The van der Waals surface area contributed by atoms with Gasteiger partial charge in [0.15, 0.2) is 11.0 Å². The summed E-state index contributed by atoms with van der Waals surface area (Å²) in [6.07, 6.45) is 0. The minimum atomic E-state index is 0.607. The Morgan fingerprint density at radius 1 is 0.828 bits per heavy atom. The van der Waals surface area contributed by atoms with E-state index in [2.05, 4.69) is 71.1 Å². The molecule has 29 heavy (non-hydrogen) atoms. The van der Waals surface area contributed by atoms with Crippen molar-refractivity contribution in [3.05, 3.63) is 93.5 Å². The quantitative estimate of drug-likeness (QED) is 0.309. The van der Waals surface area contributed by atoms with Gasteiger partial charge in [-0.1, -0.05) is 82.5 Å². The molecule has 0 saturated heterocycles. The van der Waals surface area contributed by atoms with Gasteiger partial charge in [-0.2, -0.15) is 0 Å². The average molecular weight is 440 g/mol. The number of thioether (sulfide) groups is 1. The highest BCUT2D eigenvalue weighted by atomic mass is 35.5. The van der Waals surface area contributed by atoms with Crippen LogP contribution < -0.4 is 0 Å². The van der Waals surface area contributed by atoms with Gasteiger partial charge >= 0.3 is 0 Å². The van der Waals surface area contributed by atoms with E-state index in [9.17, 15) is 0 Å². The van der Waals surface area contributed by atoms with Crippen LogP contribution in [-0.2, 0) is 5.75 Å². The maximum absolute atomic E-state index is 6.35. The monoisotopic (exact) mass is 439 g/mol. The molecule has 1 aromatic heterocycles. The average Bonchev–Trinajstić information content (AvgIpc) is 3.12. The zero-order valence-electron chi connectivity index (χ0n) is 16.1. The molecule has 6 heteroatoms. The number of aryl methyl sites for hydroxylation is 2. The van der Waals surface area contributed by atoms with Crippen molar-refractivity contribution in [3.63, 3.8) is 0 Å². The lowest BCUT2D eigenvalue weighted by molar-refractivity contribution is 0.885. The first kappa shape index (κ1) is 20.0. The molecule has 0 aliphatic heterocycles. The van der Waals surface area contributed by atoms with E-state index in [1.165, 1.54) is 11.1 Å². The highest BCUT2D eigenvalue weighted by Gasteiger charge is 2.17. The molecular weight excluding hydrogens is 421 g/mol. The molecule has 0 aliphatic rings. The van der Waals surface area contributed by atoms with Crippen LogP contribution in [-0.4, -0.2) is 14.8 Å². The van der Waals surface area contributed by atoms with Crippen LogP contribution in [0.15, 0.2) is 71.9 Å². The van der Waals surface area contributed by atoms with Crippen LogP contribution in [0, 0.1) is 13.8 Å². The van der Waals surface area contributed by atoms with Gasteiger partial charge in [-0.3, -0.25) is 4.57 Å². The predicted octanol–water partition coefficient (Wildman–Crippen LogP) is 7.15. The fraction of sp³-hybridized carbons (Fsp3) is 0.130. The summed E-state index contributed by atoms with van der Waals surface area (Å²) in [5.41, 5.74) is 5.33. The molecule has 0 saturated carbocycles. The summed E-state index contributed by atoms with van der Waals surface area (Å²) in [6.45, 7) is 4.15. The Kier molecular flexibility index (Phi) is 5.95. The number of nitrogens with zero attached hydrogens (tertiary/aromatic N) is 3. The van der Waals surface area contributed by atoms with Gasteiger partial charge in [0.25, 0.3) is 0 Å². The summed E-state index contributed by atoms with van der Waals surface area (Å²) in [5.74, 6) is 1.42. The smallest absolute Gasteiger partial charge is 0.196 e. The van der Waals surface area contributed by atoms with Gasteiger partial charge in [0, 0.05) is 27.0 Å². The van der Waals surface area contributed by atoms with Crippen LogP contribution in [0.4, 0.5) is 0 Å². The minimum absolute atomic E-state index is 0.607. The van der Waals surface area contributed by atoms with E-state index in [1.807, 2.05) is 24.3 Å². The van der Waals surface area contributed by atoms with Crippen molar-refractivity contribution >= 4 is 35.0 Å². The lowest BCUT2D eigenvalue weighted by Gasteiger charge is -2.12. The van der Waals surface area contributed by atoms with Gasteiger partial charge in [0.1, 0.15) is 0 Å². The van der Waals surface area contributed by atoms with Crippen molar-refractivity contribution in [3.8, 4) is 17.1 Å². The number of aromatic nitrogens is 3. The molecule has 0 fully saturated rings. The highest BCUT2D eigenvalue weighted by Crippen LogP contribution is 2.34. The molecule has 146 valence electrons. The molecule has 0 spiro atoms. The predicted molar refractivity (Wildman–Crippen MR) is 122 cm³/mol. The standard InChI is InChI=1S/C23H19Cl2N3S/c1-15-9-11-18(12-10-15)28-22(17-6-3-5-16(2)13-17)26-27-23(28)29-14-19-20(24)7-4-8-21(19)25/h3-13H,14H2,1-2H3. The SMILES string of the molecule is Cc1ccc(-n2c(SCc3c(Cl)cccc3Cl)nnc2-c2cccc(C)c2)cc1. The Morgan fingerprint density at radius 2 is 1.52 bits per heavy atom. The number of hydrogen-bond acceptors (Lipinski definition) is 3. The fourth-order valence-electron chi connectivity index (χ4n) is 3.07. The molecule has 3 aromatic carbocycles. The third-order valence-corrected chi connectivity index (χ3v) is 6.27. The van der Waals surface area contributed by atoms with Gasteiger partial charge in [-0.05, 0) is 49.7 Å². The highest BCUT2D eigenvalue weighted by molar-refractivity contribution is 7.98. The van der Waals surface area contributed by atoms with E-state index in [0.717, 1.165) is 27.8 Å². The lowest BCUT2D eigenvalue weighted by Crippen LogP contribution is -2.00. The maximum Gasteiger partial charge on any atom is 0.196 e. The summed E-state index contributed by atoms with van der Waals surface area (Å²) in [6, 6.07) is 22.2. The van der Waals surface area contributed by atoms with Gasteiger partial charge in [-0.15, -0.1) is 10.2 Å². The van der Waals surface area contributed by atoms with Crippen LogP contribution in [0.3, 0.4) is 0 Å². The summed E-state index contributed by atoms with van der Waals surface area (Å²) in [7, 11) is 0. The third kappa shape index (κ3) is 4.35. The number of hydrogen-bond donors (Lipinski definition) is 0. The van der Waals surface area contributed by atoms with E-state index in [0.29, 0.717) is 15.8 Å². The molecule has 0 aliphatic carbocycles. The van der Waals surface area contributed by atoms with Crippen molar-refractivity contribution in [2.75, 3.05) is 0 Å². The van der Waals surface area contributed by atoms with Crippen molar-refractivity contribution in [1.29, 1.82) is 0 Å². The minimum Gasteiger partial charge on any atom is -0.270 e. The van der Waals surface area contributed by atoms with E-state index in [1.54, 1.807) is 11.8 Å². The molecule has 0 unspecified atom stereocenters. The van der Waals surface area contributed by atoms with E-state index in [-0.39, 0.29) is 0 Å². The number of benzene rings is 3. The summed E-state index contributed by atoms with van der Waals surface area (Å²) in [5, 5.41) is 11.1. The zero-order valence-corrected chi connectivity index (χ0v) is 18.4. The molecule has 0 amide bonds. The van der Waals surface area contributed by atoms with E-state index < -0.39 is 0 Å². The number of rotatable bonds is 5. The van der Waals surface area contributed by atoms with Gasteiger partial charge in [0.05, 0.1) is 0 Å². The van der Waals surface area contributed by atoms with Crippen molar-refractivity contribution in [1.82, 2.24) is 14.8 Å². The van der Waals surface area contributed by atoms with Gasteiger partial charge in [-0.25, -0.2) is 0 Å². The first-order valence-corrected chi connectivity index (χ1v) is 10.9.